The molecule has 0 aromatic rings. The van der Waals surface area contributed by atoms with Crippen LogP contribution in [-0.2, 0) is 23.8 Å². The molecule has 6 N–H and O–H groups in total. The molecule has 1 fully saturated rings. The topological polar surface area (TPSA) is 175 Å². The second kappa shape index (κ2) is 45.5. The van der Waals surface area contributed by atoms with E-state index < -0.39 is 67.4 Å². The summed E-state index contributed by atoms with van der Waals surface area (Å²) in [7, 11) is 0. The molecule has 394 valence electrons. The van der Waals surface area contributed by atoms with Gasteiger partial charge in [-0.3, -0.25) is 9.59 Å². The number of carbonyl (C=O) groups excluding carboxylic acids is 2. The Morgan fingerprint density at radius 2 is 1.06 bits per heavy atom. The molecule has 0 spiro atoms. The SMILES string of the molecule is CCCCC/C=C/C=C/CCCCCCCCC(=O)OC1C(OCC(NC(=O)C(O)C/C=C/C/C=C\CCCCCCCC)C(O)/C=C/CCCCCCCCCCCC)OC(CO)C(O)C1O. The number of aliphatic hydroxyl groups is 5. The maximum atomic E-state index is 13.3. The van der Waals surface area contributed by atoms with Gasteiger partial charge in [0.15, 0.2) is 12.4 Å². The first-order valence-electron chi connectivity index (χ1n) is 27.6. The number of aliphatic hydroxyl groups excluding tert-OH is 5. The van der Waals surface area contributed by atoms with Crippen LogP contribution < -0.4 is 5.32 Å². The van der Waals surface area contributed by atoms with Crippen LogP contribution in [0.15, 0.2) is 60.8 Å². The standard InChI is InChI=1S/C57H101NO10/c1-4-7-10-13-16-19-22-25-26-27-30-33-36-39-42-45-52(62)68-55-54(64)53(63)51(46-59)67-57(55)66-47-48(49(60)43-40-37-34-31-28-23-20-17-14-11-8-5-2)58-56(65)50(61)44-41-38-35-32-29-24-21-18-15-12-9-6-3/h16,19,22,25,29,32,38,40-41,43,48-51,53-55,57,59-61,63-64H,4-15,17-18,20-21,23-24,26-28,30-31,33-37,39,42,44-47H2,1-3H3,(H,58,65)/b19-16+,25-22+,32-29-,41-38+,43-40+. The largest absolute Gasteiger partial charge is 0.454 e. The van der Waals surface area contributed by atoms with E-state index in [1.165, 1.54) is 103 Å². The van der Waals surface area contributed by atoms with Crippen molar-refractivity contribution in [3.63, 3.8) is 0 Å². The average Bonchev–Trinajstić information content (AvgIpc) is 3.33. The highest BCUT2D eigenvalue weighted by Gasteiger charge is 2.47. The van der Waals surface area contributed by atoms with Crippen molar-refractivity contribution >= 4 is 11.9 Å². The van der Waals surface area contributed by atoms with E-state index in [4.69, 9.17) is 14.2 Å². The van der Waals surface area contributed by atoms with Gasteiger partial charge in [0, 0.05) is 12.8 Å². The average molecular weight is 960 g/mol. The van der Waals surface area contributed by atoms with Gasteiger partial charge in [-0.15, -0.1) is 0 Å². The lowest BCUT2D eigenvalue weighted by Crippen LogP contribution is -2.61. The van der Waals surface area contributed by atoms with Crippen molar-refractivity contribution < 1.29 is 49.3 Å². The van der Waals surface area contributed by atoms with Gasteiger partial charge in [0.1, 0.15) is 24.4 Å². The third-order valence-corrected chi connectivity index (χ3v) is 12.7. The lowest BCUT2D eigenvalue weighted by atomic mass is 9.99. The van der Waals surface area contributed by atoms with Crippen LogP contribution in [0.2, 0.25) is 0 Å². The van der Waals surface area contributed by atoms with Gasteiger partial charge in [0.05, 0.1) is 25.4 Å². The Morgan fingerprint density at radius 3 is 1.62 bits per heavy atom. The molecule has 1 heterocycles. The first-order valence-corrected chi connectivity index (χ1v) is 27.6. The molecule has 1 aliphatic heterocycles. The Labute approximate surface area is 414 Å². The van der Waals surface area contributed by atoms with Crippen LogP contribution in [-0.4, -0.2) is 99.6 Å². The predicted molar refractivity (Wildman–Crippen MR) is 278 cm³/mol. The van der Waals surface area contributed by atoms with Crippen molar-refractivity contribution in [3.8, 4) is 0 Å². The smallest absolute Gasteiger partial charge is 0.306 e. The highest BCUT2D eigenvalue weighted by atomic mass is 16.7. The molecule has 11 heteroatoms. The van der Waals surface area contributed by atoms with Gasteiger partial charge in [-0.05, 0) is 64.2 Å². The number of unbranched alkanes of at least 4 members (excludes halogenated alkanes) is 25. The summed E-state index contributed by atoms with van der Waals surface area (Å²) in [6.45, 7) is 5.67. The summed E-state index contributed by atoms with van der Waals surface area (Å²) in [6, 6.07) is -1.06. The van der Waals surface area contributed by atoms with Crippen molar-refractivity contribution in [3.05, 3.63) is 60.8 Å². The van der Waals surface area contributed by atoms with E-state index >= 15 is 0 Å². The number of ether oxygens (including phenoxy) is 3. The van der Waals surface area contributed by atoms with Crippen molar-refractivity contribution in [2.45, 2.75) is 275 Å². The fourth-order valence-electron chi connectivity index (χ4n) is 8.21. The molecular formula is C57H101NO10. The van der Waals surface area contributed by atoms with E-state index in [0.717, 1.165) is 77.0 Å². The minimum atomic E-state index is -1.63. The fourth-order valence-corrected chi connectivity index (χ4v) is 8.21. The summed E-state index contributed by atoms with van der Waals surface area (Å²) in [5, 5.41) is 56.5. The van der Waals surface area contributed by atoms with Crippen LogP contribution in [0.25, 0.3) is 0 Å². The van der Waals surface area contributed by atoms with E-state index in [-0.39, 0.29) is 19.4 Å². The van der Waals surface area contributed by atoms with Gasteiger partial charge in [-0.2, -0.15) is 0 Å². The van der Waals surface area contributed by atoms with Crippen LogP contribution in [0, 0.1) is 0 Å². The zero-order valence-electron chi connectivity index (χ0n) is 43.2. The number of carbonyl (C=O) groups is 2. The molecule has 0 saturated carbocycles. The maximum absolute atomic E-state index is 13.3. The molecule has 1 aliphatic rings. The summed E-state index contributed by atoms with van der Waals surface area (Å²) in [6.07, 6.45) is 44.3. The van der Waals surface area contributed by atoms with Crippen LogP contribution in [0.5, 0.6) is 0 Å². The van der Waals surface area contributed by atoms with Crippen molar-refractivity contribution in [2.24, 2.45) is 0 Å². The quantitative estimate of drug-likeness (QED) is 0.0149. The third-order valence-electron chi connectivity index (χ3n) is 12.7. The van der Waals surface area contributed by atoms with Crippen LogP contribution >= 0.6 is 0 Å². The van der Waals surface area contributed by atoms with Gasteiger partial charge in [0.2, 0.25) is 5.91 Å². The highest BCUT2D eigenvalue weighted by Crippen LogP contribution is 2.26. The molecule has 1 saturated heterocycles. The van der Waals surface area contributed by atoms with Crippen LogP contribution in [0.4, 0.5) is 0 Å². The van der Waals surface area contributed by atoms with Gasteiger partial charge < -0.3 is 45.1 Å². The molecule has 0 bridgehead atoms. The number of hydrogen-bond acceptors (Lipinski definition) is 10. The molecule has 0 aromatic heterocycles. The third kappa shape index (κ3) is 33.8. The summed E-state index contributed by atoms with van der Waals surface area (Å²) in [5.74, 6) is -1.28. The first-order chi connectivity index (χ1) is 33.2. The molecule has 8 atom stereocenters. The predicted octanol–water partition coefficient (Wildman–Crippen LogP) is 11.9. The second-order valence-corrected chi connectivity index (χ2v) is 19.0. The lowest BCUT2D eigenvalue weighted by molar-refractivity contribution is -0.305. The fraction of sp³-hybridized carbons (Fsp3) is 0.789. The Hall–Kier alpha value is -2.64. The van der Waals surface area contributed by atoms with E-state index in [0.29, 0.717) is 12.8 Å². The monoisotopic (exact) mass is 960 g/mol. The van der Waals surface area contributed by atoms with Crippen molar-refractivity contribution in [1.82, 2.24) is 5.32 Å². The molecule has 11 nitrogen and oxygen atoms in total. The minimum absolute atomic E-state index is 0.0797. The normalized spacial score (nSPS) is 20.4. The highest BCUT2D eigenvalue weighted by molar-refractivity contribution is 5.81. The van der Waals surface area contributed by atoms with E-state index in [2.05, 4.69) is 62.5 Å². The number of rotatable bonds is 45. The molecule has 1 rings (SSSR count). The van der Waals surface area contributed by atoms with Gasteiger partial charge in [-0.25, -0.2) is 0 Å². The molecule has 0 aromatic carbocycles. The zero-order chi connectivity index (χ0) is 49.7. The number of nitrogens with one attached hydrogen (secondary N) is 1. The summed E-state index contributed by atoms with van der Waals surface area (Å²) in [4.78, 5) is 26.3. The van der Waals surface area contributed by atoms with E-state index in [1.807, 2.05) is 12.2 Å². The number of amides is 1. The zero-order valence-corrected chi connectivity index (χ0v) is 43.2. The number of allylic oxidation sites excluding steroid dienone is 8. The van der Waals surface area contributed by atoms with Crippen LogP contribution in [0.1, 0.15) is 226 Å². The first kappa shape index (κ1) is 63.4. The van der Waals surface area contributed by atoms with Crippen molar-refractivity contribution in [2.75, 3.05) is 13.2 Å². The second-order valence-electron chi connectivity index (χ2n) is 19.0. The van der Waals surface area contributed by atoms with E-state index in [9.17, 15) is 35.1 Å². The molecule has 68 heavy (non-hydrogen) atoms. The summed E-state index contributed by atoms with van der Waals surface area (Å²) < 4.78 is 17.5. The maximum Gasteiger partial charge on any atom is 0.306 e. The van der Waals surface area contributed by atoms with Gasteiger partial charge in [0.25, 0.3) is 0 Å². The van der Waals surface area contributed by atoms with Gasteiger partial charge in [-0.1, -0.05) is 210 Å². The molecular weight excluding hydrogens is 859 g/mol. The van der Waals surface area contributed by atoms with Gasteiger partial charge >= 0.3 is 5.97 Å². The Kier molecular flexibility index (Phi) is 42.4. The summed E-state index contributed by atoms with van der Waals surface area (Å²) >= 11 is 0. The molecule has 8 unspecified atom stereocenters. The number of hydrogen-bond donors (Lipinski definition) is 6. The lowest BCUT2D eigenvalue weighted by Gasteiger charge is -2.41. The Bertz CT molecular complexity index is 1330. The molecule has 0 aliphatic carbocycles. The van der Waals surface area contributed by atoms with E-state index in [1.54, 1.807) is 12.2 Å². The van der Waals surface area contributed by atoms with Crippen molar-refractivity contribution in [1.29, 1.82) is 0 Å². The molecule has 1 amide bonds. The minimum Gasteiger partial charge on any atom is -0.454 e. The number of esters is 1. The Morgan fingerprint density at radius 1 is 0.588 bits per heavy atom. The van der Waals surface area contributed by atoms with Crippen LogP contribution in [0.3, 0.4) is 0 Å². The molecule has 0 radical (unpaired) electrons. The summed E-state index contributed by atoms with van der Waals surface area (Å²) in [5.41, 5.74) is 0. The Balaban J connectivity index is 2.80.